The minimum absolute atomic E-state index is 0.0585. The molecule has 0 amide bonds. The summed E-state index contributed by atoms with van der Waals surface area (Å²) in [5, 5.41) is 14.4. The lowest BCUT2D eigenvalue weighted by Gasteiger charge is -2.22. The van der Waals surface area contributed by atoms with E-state index in [9.17, 15) is 10.1 Å². The fraction of sp³-hybridized carbons (Fsp3) is 0.571. The van der Waals surface area contributed by atoms with Gasteiger partial charge in [0.15, 0.2) is 0 Å². The molecule has 0 radical (unpaired) electrons. The molecule has 0 aliphatic rings. The van der Waals surface area contributed by atoms with Crippen molar-refractivity contribution in [1.29, 1.82) is 0 Å². The average Bonchev–Trinajstić information content (AvgIpc) is 2.39. The molecule has 112 valence electrons. The molecular weight excluding hydrogens is 280 g/mol. The summed E-state index contributed by atoms with van der Waals surface area (Å²) in [7, 11) is 0. The molecule has 1 N–H and O–H groups in total. The Morgan fingerprint density at radius 2 is 2.15 bits per heavy atom. The molecule has 0 bridgehead atoms. The van der Waals surface area contributed by atoms with Gasteiger partial charge in [-0.05, 0) is 24.5 Å². The van der Waals surface area contributed by atoms with Crippen LogP contribution in [0.2, 0.25) is 5.02 Å². The largest absolute Gasteiger partial charge is 0.380 e. The third kappa shape index (κ3) is 5.07. The fourth-order valence-corrected chi connectivity index (χ4v) is 1.98. The third-order valence-electron chi connectivity index (χ3n) is 3.08. The predicted octanol–water partition coefficient (Wildman–Crippen LogP) is 3.40. The summed E-state index contributed by atoms with van der Waals surface area (Å²) < 4.78 is 5.43. The van der Waals surface area contributed by atoms with Gasteiger partial charge in [0, 0.05) is 25.3 Å². The van der Waals surface area contributed by atoms with Gasteiger partial charge in [0.2, 0.25) is 0 Å². The zero-order valence-corrected chi connectivity index (χ0v) is 12.8. The Morgan fingerprint density at radius 3 is 2.70 bits per heavy atom. The monoisotopic (exact) mass is 300 g/mol. The quantitative estimate of drug-likeness (QED) is 0.590. The van der Waals surface area contributed by atoms with Gasteiger partial charge < -0.3 is 10.1 Å². The van der Waals surface area contributed by atoms with Crippen molar-refractivity contribution in [2.75, 3.05) is 13.2 Å². The lowest BCUT2D eigenvalue weighted by Crippen LogP contribution is -2.37. The molecule has 1 unspecified atom stereocenters. The van der Waals surface area contributed by atoms with Gasteiger partial charge >= 0.3 is 0 Å². The molecule has 6 heteroatoms. The second kappa shape index (κ2) is 8.19. The Hall–Kier alpha value is -1.17. The third-order valence-corrected chi connectivity index (χ3v) is 3.40. The van der Waals surface area contributed by atoms with Crippen LogP contribution in [0.4, 0.5) is 5.69 Å². The van der Waals surface area contributed by atoms with Crippen LogP contribution in [-0.2, 0) is 11.3 Å². The maximum atomic E-state index is 10.8. The number of nitrogens with zero attached hydrogens (tertiary/aromatic N) is 1. The van der Waals surface area contributed by atoms with E-state index in [4.69, 9.17) is 16.3 Å². The molecule has 0 aliphatic carbocycles. The van der Waals surface area contributed by atoms with Crippen LogP contribution in [-0.4, -0.2) is 24.2 Å². The summed E-state index contributed by atoms with van der Waals surface area (Å²) >= 11 is 5.79. The van der Waals surface area contributed by atoms with Crippen LogP contribution < -0.4 is 5.32 Å². The van der Waals surface area contributed by atoms with Gasteiger partial charge in [-0.15, -0.1) is 0 Å². The molecule has 1 atom stereocenters. The number of ether oxygens (including phenoxy) is 1. The van der Waals surface area contributed by atoms with Crippen LogP contribution in [0.25, 0.3) is 0 Å². The molecule has 0 fully saturated rings. The number of nitro benzene ring substituents is 1. The molecule has 5 nitrogen and oxygen atoms in total. The van der Waals surface area contributed by atoms with E-state index in [0.717, 1.165) is 5.56 Å². The summed E-state index contributed by atoms with van der Waals surface area (Å²) in [5.41, 5.74) is 0.778. The minimum Gasteiger partial charge on any atom is -0.380 e. The van der Waals surface area contributed by atoms with Gasteiger partial charge in [0.1, 0.15) is 5.02 Å². The number of benzene rings is 1. The number of nitro groups is 1. The van der Waals surface area contributed by atoms with Crippen molar-refractivity contribution < 1.29 is 9.66 Å². The zero-order valence-electron chi connectivity index (χ0n) is 12.1. The van der Waals surface area contributed by atoms with Gasteiger partial charge in [-0.25, -0.2) is 0 Å². The van der Waals surface area contributed by atoms with Crippen LogP contribution >= 0.6 is 11.6 Å². The van der Waals surface area contributed by atoms with Crippen molar-refractivity contribution in [2.45, 2.75) is 33.4 Å². The Morgan fingerprint density at radius 1 is 1.45 bits per heavy atom. The van der Waals surface area contributed by atoms with E-state index in [-0.39, 0.29) is 16.8 Å². The summed E-state index contributed by atoms with van der Waals surface area (Å²) in [6, 6.07) is 5.07. The molecule has 0 heterocycles. The zero-order chi connectivity index (χ0) is 15.1. The highest BCUT2D eigenvalue weighted by atomic mass is 35.5. The summed E-state index contributed by atoms with van der Waals surface area (Å²) in [5.74, 6) is 0.420. The second-order valence-corrected chi connectivity index (χ2v) is 5.34. The molecular formula is C14H21ClN2O3. The Bertz CT molecular complexity index is 452. The highest BCUT2D eigenvalue weighted by Gasteiger charge is 2.15. The average molecular weight is 301 g/mol. The Kier molecular flexibility index (Phi) is 6.91. The van der Waals surface area contributed by atoms with Crippen LogP contribution in [0.1, 0.15) is 26.3 Å². The lowest BCUT2D eigenvalue weighted by molar-refractivity contribution is -0.384. The molecule has 0 spiro atoms. The molecule has 0 saturated carbocycles. The molecule has 0 aromatic heterocycles. The smallest absolute Gasteiger partial charge is 0.288 e. The van der Waals surface area contributed by atoms with Gasteiger partial charge in [-0.3, -0.25) is 10.1 Å². The molecule has 1 rings (SSSR count). The van der Waals surface area contributed by atoms with Crippen LogP contribution in [0.5, 0.6) is 0 Å². The normalized spacial score (nSPS) is 12.7. The predicted molar refractivity (Wildman–Crippen MR) is 80.1 cm³/mol. The SMILES string of the molecule is CCOCC(NCc1ccc(Cl)c([N+](=O)[O-])c1)C(C)C. The molecule has 0 aliphatic heterocycles. The van der Waals surface area contributed by atoms with Gasteiger partial charge in [-0.2, -0.15) is 0 Å². The van der Waals surface area contributed by atoms with Gasteiger partial charge in [-0.1, -0.05) is 31.5 Å². The Balaban J connectivity index is 2.68. The van der Waals surface area contributed by atoms with E-state index in [1.165, 1.54) is 6.07 Å². The first kappa shape index (κ1) is 16.9. The molecule has 1 aromatic rings. The summed E-state index contributed by atoms with van der Waals surface area (Å²) in [6.45, 7) is 8.04. The Labute approximate surface area is 124 Å². The molecule has 0 saturated heterocycles. The second-order valence-electron chi connectivity index (χ2n) is 4.93. The van der Waals surface area contributed by atoms with E-state index < -0.39 is 4.92 Å². The van der Waals surface area contributed by atoms with Crippen LogP contribution in [0.15, 0.2) is 18.2 Å². The van der Waals surface area contributed by atoms with E-state index in [1.807, 2.05) is 6.92 Å². The summed E-state index contributed by atoms with van der Waals surface area (Å²) in [4.78, 5) is 10.4. The number of halogens is 1. The topological polar surface area (TPSA) is 64.4 Å². The highest BCUT2D eigenvalue weighted by molar-refractivity contribution is 6.32. The van der Waals surface area contributed by atoms with Gasteiger partial charge in [0.25, 0.3) is 5.69 Å². The van der Waals surface area contributed by atoms with E-state index in [0.29, 0.717) is 25.7 Å². The van der Waals surface area contributed by atoms with Crippen molar-refractivity contribution in [2.24, 2.45) is 5.92 Å². The van der Waals surface area contributed by atoms with Crippen LogP contribution in [0, 0.1) is 16.0 Å². The maximum Gasteiger partial charge on any atom is 0.288 e. The maximum absolute atomic E-state index is 10.8. The highest BCUT2D eigenvalue weighted by Crippen LogP contribution is 2.25. The first-order valence-electron chi connectivity index (χ1n) is 6.69. The van der Waals surface area contributed by atoms with Crippen molar-refractivity contribution >= 4 is 17.3 Å². The number of hydrogen-bond acceptors (Lipinski definition) is 4. The summed E-state index contributed by atoms with van der Waals surface area (Å²) in [6.07, 6.45) is 0. The van der Waals surface area contributed by atoms with E-state index in [1.54, 1.807) is 12.1 Å². The first-order chi connectivity index (χ1) is 9.45. The minimum atomic E-state index is -0.466. The van der Waals surface area contributed by atoms with Crippen molar-refractivity contribution in [3.05, 3.63) is 38.9 Å². The lowest BCUT2D eigenvalue weighted by atomic mass is 10.0. The molecule has 1 aromatic carbocycles. The first-order valence-corrected chi connectivity index (χ1v) is 7.07. The van der Waals surface area contributed by atoms with E-state index >= 15 is 0 Å². The standard InChI is InChI=1S/C14H21ClN2O3/c1-4-20-9-13(10(2)3)16-8-11-5-6-12(15)14(7-11)17(18)19/h5-7,10,13,16H,4,8-9H2,1-3H3. The number of hydrogen-bond donors (Lipinski definition) is 1. The molecule has 20 heavy (non-hydrogen) atoms. The van der Waals surface area contributed by atoms with Crippen molar-refractivity contribution in [3.8, 4) is 0 Å². The van der Waals surface area contributed by atoms with Crippen molar-refractivity contribution in [1.82, 2.24) is 5.32 Å². The number of rotatable bonds is 8. The number of nitrogens with one attached hydrogen (secondary N) is 1. The fourth-order valence-electron chi connectivity index (χ4n) is 1.79. The van der Waals surface area contributed by atoms with Gasteiger partial charge in [0.05, 0.1) is 11.5 Å². The van der Waals surface area contributed by atoms with Crippen molar-refractivity contribution in [3.63, 3.8) is 0 Å². The van der Waals surface area contributed by atoms with E-state index in [2.05, 4.69) is 19.2 Å². The van der Waals surface area contributed by atoms with Crippen LogP contribution in [0.3, 0.4) is 0 Å².